The molecule has 0 N–H and O–H groups in total. The number of rotatable bonds is 42. The summed E-state index contributed by atoms with van der Waals surface area (Å²) in [5.41, 5.74) is 2.09. The van der Waals surface area contributed by atoms with Crippen LogP contribution in [0, 0.1) is 0 Å². The van der Waals surface area contributed by atoms with Gasteiger partial charge in [-0.05, 0) is 88.2 Å². The number of carboxylic acid groups (broad SMARTS) is 2. The number of unbranched alkanes of at least 4 members (excludes halogenated alkanes) is 20. The first-order chi connectivity index (χ1) is 31.2. The van der Waals surface area contributed by atoms with Crippen LogP contribution in [0.4, 0.5) is 0 Å². The molecule has 0 aliphatic rings. The standard InChI is InChI=1S/2C27H44O5.Ba/c2*1-2-3-4-5-8-14-19-25(20-15-9-6-7-10-16-21-26(28)29)32-27(30)23-31-22-24-17-12-11-13-18-24;/h2*11-13,17-18,25H,2-10,14-16,19-23H2,1H3,(H,28,29);/q;;+2/p-2. The molecule has 0 bridgehead atoms. The van der Waals surface area contributed by atoms with Gasteiger partial charge in [-0.2, -0.15) is 0 Å². The molecule has 0 amide bonds. The molecule has 0 saturated carbocycles. The monoisotopic (exact) mass is 1030 g/mol. The van der Waals surface area contributed by atoms with Gasteiger partial charge in [0.25, 0.3) is 0 Å². The summed E-state index contributed by atoms with van der Waals surface area (Å²) in [5.74, 6) is -2.48. The normalized spacial score (nSPS) is 11.7. The molecule has 0 aliphatic heterocycles. The number of ether oxygens (including phenoxy) is 4. The summed E-state index contributed by atoms with van der Waals surface area (Å²) in [5, 5.41) is 20.9. The van der Waals surface area contributed by atoms with E-state index >= 15 is 0 Å². The fraction of sp³-hybridized carbons (Fsp3) is 0.704. The van der Waals surface area contributed by atoms with Gasteiger partial charge in [-0.15, -0.1) is 0 Å². The van der Waals surface area contributed by atoms with Crippen LogP contribution in [0.1, 0.15) is 218 Å². The van der Waals surface area contributed by atoms with Crippen molar-refractivity contribution in [2.45, 2.75) is 232 Å². The molecule has 0 aromatic heterocycles. The minimum absolute atomic E-state index is 0. The van der Waals surface area contributed by atoms with Crippen LogP contribution in [0.5, 0.6) is 0 Å². The van der Waals surface area contributed by atoms with Crippen LogP contribution in [-0.2, 0) is 51.3 Å². The van der Waals surface area contributed by atoms with Gasteiger partial charge >= 0.3 is 60.8 Å². The molecule has 2 rings (SSSR count). The molecule has 0 heterocycles. The van der Waals surface area contributed by atoms with Crippen LogP contribution in [0.3, 0.4) is 0 Å². The molecular formula is C54H86BaO10. The Kier molecular flexibility index (Phi) is 45.3. The molecule has 10 nitrogen and oxygen atoms in total. The van der Waals surface area contributed by atoms with E-state index in [1.807, 2.05) is 60.7 Å². The third-order valence-electron chi connectivity index (χ3n) is 11.3. The van der Waals surface area contributed by atoms with Gasteiger partial charge in [0.1, 0.15) is 25.4 Å². The summed E-state index contributed by atoms with van der Waals surface area (Å²) in [6.45, 7) is 5.24. The molecule has 0 radical (unpaired) electrons. The summed E-state index contributed by atoms with van der Waals surface area (Å²) in [7, 11) is 0. The average molecular weight is 1030 g/mol. The van der Waals surface area contributed by atoms with Crippen molar-refractivity contribution >= 4 is 72.8 Å². The number of aliphatic carboxylic acids is 2. The Morgan fingerprint density at radius 3 is 0.985 bits per heavy atom. The summed E-state index contributed by atoms with van der Waals surface area (Å²) in [4.78, 5) is 45.4. The van der Waals surface area contributed by atoms with Gasteiger partial charge in [-0.1, -0.05) is 190 Å². The van der Waals surface area contributed by atoms with E-state index in [0.29, 0.717) is 26.1 Å². The maximum atomic E-state index is 12.3. The second-order valence-corrected chi connectivity index (χ2v) is 17.4. The Bertz CT molecular complexity index is 1290. The van der Waals surface area contributed by atoms with E-state index in [2.05, 4.69) is 13.8 Å². The molecule has 2 aromatic rings. The Morgan fingerprint density at radius 2 is 0.692 bits per heavy atom. The second-order valence-electron chi connectivity index (χ2n) is 17.4. The smallest absolute Gasteiger partial charge is 0.550 e. The third-order valence-corrected chi connectivity index (χ3v) is 11.3. The molecule has 0 saturated heterocycles. The fourth-order valence-electron chi connectivity index (χ4n) is 7.62. The molecular weight excluding hydrogens is 946 g/mol. The van der Waals surface area contributed by atoms with E-state index in [1.54, 1.807) is 0 Å². The summed E-state index contributed by atoms with van der Waals surface area (Å²) in [6.07, 6.45) is 30.3. The van der Waals surface area contributed by atoms with Crippen molar-refractivity contribution in [3.05, 3.63) is 71.8 Å². The van der Waals surface area contributed by atoms with Crippen LogP contribution in [0.2, 0.25) is 0 Å². The van der Waals surface area contributed by atoms with E-state index < -0.39 is 11.9 Å². The Labute approximate surface area is 434 Å². The predicted molar refractivity (Wildman–Crippen MR) is 258 cm³/mol. The van der Waals surface area contributed by atoms with E-state index in [1.165, 1.54) is 64.2 Å². The van der Waals surface area contributed by atoms with Crippen molar-refractivity contribution in [2.24, 2.45) is 0 Å². The largest absolute Gasteiger partial charge is 2.00 e. The Morgan fingerprint density at radius 1 is 0.415 bits per heavy atom. The SMILES string of the molecule is CCCCCCCCC(CCCCCCCCC(=O)[O-])OC(=O)COCc1ccccc1.CCCCCCCCC(CCCCCCCCC(=O)[O-])OC(=O)COCc1ccccc1.[Ba+2]. The quantitative estimate of drug-likeness (QED) is 0.0357. The zero-order chi connectivity index (χ0) is 46.6. The van der Waals surface area contributed by atoms with Gasteiger partial charge in [0.2, 0.25) is 0 Å². The van der Waals surface area contributed by atoms with E-state index in [4.69, 9.17) is 18.9 Å². The number of hydrogen-bond acceptors (Lipinski definition) is 10. The zero-order valence-corrected chi connectivity index (χ0v) is 45.2. The van der Waals surface area contributed by atoms with E-state index in [-0.39, 0.29) is 99.1 Å². The van der Waals surface area contributed by atoms with Gasteiger partial charge in [0.15, 0.2) is 0 Å². The molecule has 2 unspecified atom stereocenters. The van der Waals surface area contributed by atoms with Crippen LogP contribution in [0.15, 0.2) is 60.7 Å². The first-order valence-corrected chi connectivity index (χ1v) is 25.2. The molecule has 2 atom stereocenters. The van der Waals surface area contributed by atoms with Gasteiger partial charge in [-0.25, -0.2) is 9.59 Å². The molecule has 65 heavy (non-hydrogen) atoms. The van der Waals surface area contributed by atoms with Crippen LogP contribution in [-0.4, -0.2) is 98.2 Å². The van der Waals surface area contributed by atoms with E-state index in [9.17, 15) is 29.4 Å². The van der Waals surface area contributed by atoms with Gasteiger partial charge in [-0.3, -0.25) is 0 Å². The van der Waals surface area contributed by atoms with Crippen molar-refractivity contribution in [1.29, 1.82) is 0 Å². The molecule has 0 aliphatic carbocycles. The number of carbonyl (C=O) groups excluding carboxylic acids is 4. The topological polar surface area (TPSA) is 151 Å². The molecule has 0 fully saturated rings. The number of hydrogen-bond donors (Lipinski definition) is 0. The third kappa shape index (κ3) is 42.9. The minimum Gasteiger partial charge on any atom is -0.550 e. The zero-order valence-electron chi connectivity index (χ0n) is 40.8. The number of benzene rings is 2. The minimum atomic E-state index is -0.961. The molecule has 0 spiro atoms. The Hall–Kier alpha value is -2.19. The Balaban J connectivity index is 0.00000124. The van der Waals surface area contributed by atoms with Crippen molar-refractivity contribution in [3.8, 4) is 0 Å². The molecule has 364 valence electrons. The maximum absolute atomic E-state index is 12.3. The summed E-state index contributed by atoms with van der Waals surface area (Å²) >= 11 is 0. The van der Waals surface area contributed by atoms with Crippen molar-refractivity contribution in [1.82, 2.24) is 0 Å². The number of carbonyl (C=O) groups is 4. The van der Waals surface area contributed by atoms with Crippen LogP contribution < -0.4 is 10.2 Å². The number of carboxylic acids is 2. The van der Waals surface area contributed by atoms with Gasteiger partial charge < -0.3 is 38.7 Å². The predicted octanol–water partition coefficient (Wildman–Crippen LogP) is 11.1. The van der Waals surface area contributed by atoms with Crippen LogP contribution in [0.25, 0.3) is 0 Å². The summed E-state index contributed by atoms with van der Waals surface area (Å²) in [6, 6.07) is 19.6. The van der Waals surface area contributed by atoms with Crippen molar-refractivity contribution in [3.63, 3.8) is 0 Å². The first-order valence-electron chi connectivity index (χ1n) is 25.2. The number of esters is 2. The maximum Gasteiger partial charge on any atom is 2.00 e. The van der Waals surface area contributed by atoms with Crippen molar-refractivity contribution < 1.29 is 48.3 Å². The first kappa shape index (κ1) is 62.8. The van der Waals surface area contributed by atoms with Crippen molar-refractivity contribution in [2.75, 3.05) is 13.2 Å². The summed E-state index contributed by atoms with van der Waals surface area (Å²) < 4.78 is 22.6. The fourth-order valence-corrected chi connectivity index (χ4v) is 7.62. The van der Waals surface area contributed by atoms with Gasteiger partial charge in [0.05, 0.1) is 13.2 Å². The van der Waals surface area contributed by atoms with Crippen LogP contribution >= 0.6 is 0 Å². The molecule has 2 aromatic carbocycles. The molecule has 11 heteroatoms. The van der Waals surface area contributed by atoms with Gasteiger partial charge in [0, 0.05) is 11.9 Å². The second kappa shape index (κ2) is 46.9. The average Bonchev–Trinajstić information content (AvgIpc) is 3.28. The van der Waals surface area contributed by atoms with E-state index in [0.717, 1.165) is 114 Å².